The molecule has 3 rings (SSSR count). The molecule has 3 aliphatic carbocycles. The molecule has 6 atom stereocenters. The third-order valence-corrected chi connectivity index (χ3v) is 8.58. The van der Waals surface area contributed by atoms with Crippen molar-refractivity contribution in [1.29, 1.82) is 0 Å². The van der Waals surface area contributed by atoms with Crippen molar-refractivity contribution in [2.24, 2.45) is 34.3 Å². The van der Waals surface area contributed by atoms with Crippen LogP contribution < -0.4 is 5.73 Å². The highest BCUT2D eigenvalue weighted by atomic mass is 16.1. The third kappa shape index (κ3) is 2.59. The Bertz CT molecular complexity index is 647. The van der Waals surface area contributed by atoms with Crippen LogP contribution in [0.15, 0.2) is 36.0 Å². The molecule has 0 heterocycles. The maximum atomic E-state index is 11.2. The van der Waals surface area contributed by atoms with Crippen LogP contribution in [0, 0.1) is 28.6 Å². The van der Waals surface area contributed by atoms with Gasteiger partial charge in [-0.3, -0.25) is 4.79 Å². The molecular formula is C24H37NO. The third-order valence-electron chi connectivity index (χ3n) is 8.58. The Balaban J connectivity index is 2.03. The van der Waals surface area contributed by atoms with E-state index in [0.717, 1.165) is 32.0 Å². The first-order valence-corrected chi connectivity index (χ1v) is 10.5. The van der Waals surface area contributed by atoms with Gasteiger partial charge in [0.25, 0.3) is 0 Å². The predicted octanol–water partition coefficient (Wildman–Crippen LogP) is 5.59. The predicted molar refractivity (Wildman–Crippen MR) is 110 cm³/mol. The van der Waals surface area contributed by atoms with E-state index >= 15 is 0 Å². The van der Waals surface area contributed by atoms with Crippen molar-refractivity contribution in [3.63, 3.8) is 0 Å². The Morgan fingerprint density at radius 3 is 2.58 bits per heavy atom. The van der Waals surface area contributed by atoms with Crippen molar-refractivity contribution >= 4 is 6.29 Å². The van der Waals surface area contributed by atoms with E-state index in [1.54, 1.807) is 0 Å². The van der Waals surface area contributed by atoms with E-state index in [-0.39, 0.29) is 11.0 Å². The summed E-state index contributed by atoms with van der Waals surface area (Å²) in [5.74, 6) is 1.60. The summed E-state index contributed by atoms with van der Waals surface area (Å²) in [5.41, 5.74) is 10.1. The van der Waals surface area contributed by atoms with Crippen LogP contribution in [0.2, 0.25) is 0 Å². The number of aldehydes is 1. The number of carbonyl (C=O) groups excluding carboxylic acids is 1. The number of rotatable bonds is 4. The summed E-state index contributed by atoms with van der Waals surface area (Å²) >= 11 is 0. The average molecular weight is 356 g/mol. The van der Waals surface area contributed by atoms with Gasteiger partial charge < -0.3 is 5.73 Å². The molecule has 3 saturated carbocycles. The summed E-state index contributed by atoms with van der Waals surface area (Å²) in [6, 6.07) is 0. The molecule has 144 valence electrons. The molecule has 0 amide bonds. The minimum atomic E-state index is -0.135. The maximum Gasteiger partial charge on any atom is 0.142 e. The summed E-state index contributed by atoms with van der Waals surface area (Å²) in [7, 11) is 0. The van der Waals surface area contributed by atoms with Gasteiger partial charge in [0.15, 0.2) is 0 Å². The van der Waals surface area contributed by atoms with Crippen molar-refractivity contribution in [1.82, 2.24) is 0 Å². The fourth-order valence-electron chi connectivity index (χ4n) is 7.32. The molecule has 0 aromatic rings. The van der Waals surface area contributed by atoms with Crippen LogP contribution >= 0.6 is 0 Å². The minimum Gasteiger partial charge on any atom is -0.325 e. The molecule has 2 N–H and O–H groups in total. The van der Waals surface area contributed by atoms with Crippen LogP contribution in [0.5, 0.6) is 0 Å². The van der Waals surface area contributed by atoms with Crippen LogP contribution in [0.4, 0.5) is 0 Å². The highest BCUT2D eigenvalue weighted by molar-refractivity contribution is 5.67. The first-order chi connectivity index (χ1) is 12.3. The largest absolute Gasteiger partial charge is 0.325 e. The molecule has 2 heteroatoms. The highest BCUT2D eigenvalue weighted by Crippen LogP contribution is 2.67. The fraction of sp³-hybridized carbons (Fsp3) is 0.708. The van der Waals surface area contributed by atoms with Crippen LogP contribution in [0.1, 0.15) is 72.6 Å². The van der Waals surface area contributed by atoms with Crippen molar-refractivity contribution in [3.8, 4) is 0 Å². The number of allylic oxidation sites excluding steroid dienone is 5. The van der Waals surface area contributed by atoms with E-state index in [2.05, 4.69) is 46.4 Å². The molecule has 0 radical (unpaired) electrons. The van der Waals surface area contributed by atoms with Crippen LogP contribution in [0.3, 0.4) is 0 Å². The van der Waals surface area contributed by atoms with Crippen molar-refractivity contribution in [2.45, 2.75) is 78.2 Å². The summed E-state index contributed by atoms with van der Waals surface area (Å²) in [6.07, 6.45) is 15.1. The Labute approximate surface area is 160 Å². The molecule has 2 nitrogen and oxygen atoms in total. The Morgan fingerprint density at radius 1 is 1.23 bits per heavy atom. The molecule has 0 bridgehead atoms. The second-order valence-electron chi connectivity index (χ2n) is 9.51. The highest BCUT2D eigenvalue weighted by Gasteiger charge is 2.63. The Hall–Kier alpha value is -1.15. The van der Waals surface area contributed by atoms with Gasteiger partial charge in [-0.1, -0.05) is 50.6 Å². The average Bonchev–Trinajstić information content (AvgIpc) is 2.96. The van der Waals surface area contributed by atoms with E-state index in [1.807, 2.05) is 6.08 Å². The molecule has 26 heavy (non-hydrogen) atoms. The molecule has 6 unspecified atom stereocenters. The smallest absolute Gasteiger partial charge is 0.142 e. The van der Waals surface area contributed by atoms with Gasteiger partial charge in [0, 0.05) is 11.0 Å². The number of hydrogen-bond acceptors (Lipinski definition) is 2. The topological polar surface area (TPSA) is 43.1 Å². The second kappa shape index (κ2) is 6.78. The molecule has 0 spiro atoms. The van der Waals surface area contributed by atoms with Gasteiger partial charge in [-0.05, 0) is 81.1 Å². The van der Waals surface area contributed by atoms with Crippen LogP contribution in [0.25, 0.3) is 0 Å². The number of fused-ring (bicyclic) bond motifs is 3. The quantitative estimate of drug-likeness (QED) is 0.405. The number of carbonyl (C=O) groups is 1. The molecule has 3 fully saturated rings. The van der Waals surface area contributed by atoms with E-state index < -0.39 is 0 Å². The van der Waals surface area contributed by atoms with Crippen LogP contribution in [-0.4, -0.2) is 11.8 Å². The summed E-state index contributed by atoms with van der Waals surface area (Å²) in [5, 5.41) is 0. The standard InChI is InChI=1S/C24H37NO/c1-6-13-22(4)18(12-16-26)10-15-24(25)20-9-8-19(17(3)7-2)23(20,5)14-11-21(22)24/h6,12-13,16,19-21H,3,7-11,14-15,25H2,1-2,4-5H3/b13-6-,18-12-. The van der Waals surface area contributed by atoms with Gasteiger partial charge in [0.2, 0.25) is 0 Å². The van der Waals surface area contributed by atoms with Crippen molar-refractivity contribution in [2.75, 3.05) is 0 Å². The summed E-state index contributed by atoms with van der Waals surface area (Å²) < 4.78 is 0. The summed E-state index contributed by atoms with van der Waals surface area (Å²) in [4.78, 5) is 11.2. The zero-order chi connectivity index (χ0) is 19.2. The second-order valence-corrected chi connectivity index (χ2v) is 9.51. The van der Waals surface area contributed by atoms with Gasteiger partial charge in [0.05, 0.1) is 0 Å². The molecule has 3 aliphatic rings. The van der Waals surface area contributed by atoms with Gasteiger partial charge in [-0.25, -0.2) is 0 Å². The zero-order valence-electron chi connectivity index (χ0n) is 17.2. The SMILES string of the molecule is C=C(CC)C1CCC2C1(C)CCC1C(C)(/C=C\C)/C(=C\C=O)CCC12N. The lowest BCUT2D eigenvalue weighted by Crippen LogP contribution is -2.66. The van der Waals surface area contributed by atoms with E-state index in [0.29, 0.717) is 23.2 Å². The van der Waals surface area contributed by atoms with Gasteiger partial charge >= 0.3 is 0 Å². The minimum absolute atomic E-state index is 0.0934. The Kier molecular flexibility index (Phi) is 5.11. The van der Waals surface area contributed by atoms with Crippen LogP contribution in [-0.2, 0) is 4.79 Å². The monoisotopic (exact) mass is 355 g/mol. The lowest BCUT2D eigenvalue weighted by molar-refractivity contribution is -0.104. The molecule has 0 saturated heterocycles. The fourth-order valence-corrected chi connectivity index (χ4v) is 7.32. The van der Waals surface area contributed by atoms with E-state index in [9.17, 15) is 4.79 Å². The molecule has 0 aromatic carbocycles. The Morgan fingerprint density at radius 2 is 1.96 bits per heavy atom. The maximum absolute atomic E-state index is 11.2. The molecular weight excluding hydrogens is 318 g/mol. The number of nitrogens with two attached hydrogens (primary N) is 1. The first kappa shape index (κ1) is 19.6. The summed E-state index contributed by atoms with van der Waals surface area (Å²) in [6.45, 7) is 13.5. The normalized spacial score (nSPS) is 47.0. The first-order valence-electron chi connectivity index (χ1n) is 10.5. The lowest BCUT2D eigenvalue weighted by Gasteiger charge is -2.62. The van der Waals surface area contributed by atoms with Gasteiger partial charge in [-0.15, -0.1) is 0 Å². The lowest BCUT2D eigenvalue weighted by atomic mass is 9.45. The number of hydrogen-bond donors (Lipinski definition) is 1. The molecule has 0 aromatic heterocycles. The van der Waals surface area contributed by atoms with E-state index in [4.69, 9.17) is 5.73 Å². The zero-order valence-corrected chi connectivity index (χ0v) is 17.2. The van der Waals surface area contributed by atoms with Crippen molar-refractivity contribution < 1.29 is 4.79 Å². The van der Waals surface area contributed by atoms with Gasteiger partial charge in [0.1, 0.15) is 6.29 Å². The molecule has 0 aliphatic heterocycles. The van der Waals surface area contributed by atoms with Crippen molar-refractivity contribution in [3.05, 3.63) is 36.0 Å². The van der Waals surface area contributed by atoms with Gasteiger partial charge in [-0.2, -0.15) is 0 Å². The van der Waals surface area contributed by atoms with E-state index in [1.165, 1.54) is 30.4 Å².